The minimum absolute atomic E-state index is 0.0547. The average molecular weight is 261 g/mol. The zero-order chi connectivity index (χ0) is 14.0. The second-order valence-corrected chi connectivity index (χ2v) is 5.71. The molecular formula is C15H23N3O. The lowest BCUT2D eigenvalue weighted by Gasteiger charge is -2.37. The summed E-state index contributed by atoms with van der Waals surface area (Å²) in [5, 5.41) is 2.70. The van der Waals surface area contributed by atoms with Gasteiger partial charge in [0.15, 0.2) is 0 Å². The number of carbonyl (C=O) groups excluding carboxylic acids is 1. The summed E-state index contributed by atoms with van der Waals surface area (Å²) < 4.78 is 0. The summed E-state index contributed by atoms with van der Waals surface area (Å²) >= 11 is 0. The molecule has 0 aliphatic carbocycles. The van der Waals surface area contributed by atoms with Crippen molar-refractivity contribution in [3.8, 4) is 0 Å². The van der Waals surface area contributed by atoms with E-state index in [9.17, 15) is 4.79 Å². The lowest BCUT2D eigenvalue weighted by molar-refractivity contribution is 0.0963. The molecule has 1 saturated heterocycles. The lowest BCUT2D eigenvalue weighted by Crippen LogP contribution is -2.40. The van der Waals surface area contributed by atoms with Crippen molar-refractivity contribution in [3.63, 3.8) is 0 Å². The van der Waals surface area contributed by atoms with Gasteiger partial charge in [-0.25, -0.2) is 0 Å². The predicted octanol–water partition coefficient (Wildman–Crippen LogP) is 2.11. The number of hydrogen-bond donors (Lipinski definition) is 2. The summed E-state index contributed by atoms with van der Waals surface area (Å²) in [6.45, 7) is 6.48. The summed E-state index contributed by atoms with van der Waals surface area (Å²) in [7, 11) is 1.66. The number of nitrogens with one attached hydrogen (secondary N) is 1. The number of nitrogens with two attached hydrogens (primary N) is 1. The molecule has 1 heterocycles. The first-order valence-corrected chi connectivity index (χ1v) is 6.87. The Kier molecular flexibility index (Phi) is 3.98. The van der Waals surface area contributed by atoms with Crippen molar-refractivity contribution in [1.29, 1.82) is 0 Å². The van der Waals surface area contributed by atoms with E-state index in [0.29, 0.717) is 23.1 Å². The molecule has 19 heavy (non-hydrogen) atoms. The number of nitrogen functional groups attached to an aromatic ring is 1. The molecule has 2 rings (SSSR count). The highest BCUT2D eigenvalue weighted by Gasteiger charge is 2.25. The van der Waals surface area contributed by atoms with Crippen LogP contribution in [-0.4, -0.2) is 26.0 Å². The largest absolute Gasteiger partial charge is 0.399 e. The van der Waals surface area contributed by atoms with E-state index in [0.717, 1.165) is 18.8 Å². The van der Waals surface area contributed by atoms with E-state index in [1.165, 1.54) is 6.42 Å². The minimum atomic E-state index is -0.0547. The van der Waals surface area contributed by atoms with E-state index in [4.69, 9.17) is 5.73 Å². The second-order valence-electron chi connectivity index (χ2n) is 5.71. The quantitative estimate of drug-likeness (QED) is 0.802. The van der Waals surface area contributed by atoms with E-state index in [2.05, 4.69) is 24.1 Å². The van der Waals surface area contributed by atoms with Crippen LogP contribution < -0.4 is 16.0 Å². The van der Waals surface area contributed by atoms with Crippen LogP contribution in [0.25, 0.3) is 0 Å². The van der Waals surface area contributed by atoms with Gasteiger partial charge in [-0.05, 0) is 36.5 Å². The lowest BCUT2D eigenvalue weighted by atomic mass is 9.91. The maximum absolute atomic E-state index is 12.0. The molecule has 2 unspecified atom stereocenters. The first-order valence-electron chi connectivity index (χ1n) is 6.87. The molecule has 1 amide bonds. The van der Waals surface area contributed by atoms with Gasteiger partial charge in [-0.2, -0.15) is 0 Å². The van der Waals surface area contributed by atoms with E-state index >= 15 is 0 Å². The first kappa shape index (κ1) is 13.7. The zero-order valence-electron chi connectivity index (χ0n) is 11.9. The van der Waals surface area contributed by atoms with Crippen LogP contribution in [0.4, 0.5) is 11.4 Å². The van der Waals surface area contributed by atoms with Crippen molar-refractivity contribution in [1.82, 2.24) is 5.32 Å². The molecule has 4 nitrogen and oxygen atoms in total. The maximum Gasteiger partial charge on any atom is 0.253 e. The summed E-state index contributed by atoms with van der Waals surface area (Å²) in [5.41, 5.74) is 8.25. The summed E-state index contributed by atoms with van der Waals surface area (Å²) in [6.07, 6.45) is 1.24. The van der Waals surface area contributed by atoms with E-state index in [1.807, 2.05) is 12.1 Å². The van der Waals surface area contributed by atoms with Crippen molar-refractivity contribution in [2.75, 3.05) is 30.8 Å². The number of piperidine rings is 1. The van der Waals surface area contributed by atoms with E-state index in [-0.39, 0.29) is 5.91 Å². The van der Waals surface area contributed by atoms with Crippen molar-refractivity contribution < 1.29 is 4.79 Å². The van der Waals surface area contributed by atoms with Gasteiger partial charge < -0.3 is 16.0 Å². The average Bonchev–Trinajstić information content (AvgIpc) is 2.36. The van der Waals surface area contributed by atoms with Gasteiger partial charge in [-0.3, -0.25) is 4.79 Å². The number of anilines is 2. The molecule has 1 aliphatic heterocycles. The third kappa shape index (κ3) is 3.00. The Balaban J connectivity index is 2.36. The number of nitrogens with zero attached hydrogens (tertiary/aromatic N) is 1. The SMILES string of the molecule is CNC(=O)c1ccc(N)cc1N1CC(C)CC(C)C1. The predicted molar refractivity (Wildman–Crippen MR) is 79.4 cm³/mol. The molecule has 0 saturated carbocycles. The molecule has 4 heteroatoms. The highest BCUT2D eigenvalue weighted by molar-refractivity contribution is 6.00. The Bertz CT molecular complexity index is 462. The van der Waals surface area contributed by atoms with E-state index < -0.39 is 0 Å². The molecule has 3 N–H and O–H groups in total. The topological polar surface area (TPSA) is 58.4 Å². The van der Waals surface area contributed by atoms with Crippen LogP contribution >= 0.6 is 0 Å². The second kappa shape index (κ2) is 5.51. The minimum Gasteiger partial charge on any atom is -0.399 e. The zero-order valence-corrected chi connectivity index (χ0v) is 11.9. The Labute approximate surface area is 115 Å². The van der Waals surface area contributed by atoms with Gasteiger partial charge in [0.1, 0.15) is 0 Å². The van der Waals surface area contributed by atoms with Gasteiger partial charge in [0, 0.05) is 25.8 Å². The van der Waals surface area contributed by atoms with Crippen molar-refractivity contribution in [2.45, 2.75) is 20.3 Å². The maximum atomic E-state index is 12.0. The molecule has 0 spiro atoms. The molecule has 1 aliphatic rings. The fourth-order valence-electron chi connectivity index (χ4n) is 3.00. The highest BCUT2D eigenvalue weighted by Crippen LogP contribution is 2.30. The molecule has 0 bridgehead atoms. The van der Waals surface area contributed by atoms with Crippen molar-refractivity contribution in [2.24, 2.45) is 11.8 Å². The van der Waals surface area contributed by atoms with Crippen LogP contribution in [0.5, 0.6) is 0 Å². The molecule has 0 aromatic heterocycles. The molecule has 1 fully saturated rings. The van der Waals surface area contributed by atoms with Gasteiger partial charge in [-0.1, -0.05) is 13.8 Å². The standard InChI is InChI=1S/C15H23N3O/c1-10-6-11(2)9-18(8-10)14-7-12(16)4-5-13(14)15(19)17-3/h4-5,7,10-11H,6,8-9,16H2,1-3H3,(H,17,19). The normalized spacial score (nSPS) is 23.2. The Hall–Kier alpha value is -1.71. The first-order chi connectivity index (χ1) is 9.01. The number of carbonyl (C=O) groups is 1. The summed E-state index contributed by atoms with van der Waals surface area (Å²) in [6, 6.07) is 5.51. The third-order valence-corrected chi connectivity index (χ3v) is 3.70. The van der Waals surface area contributed by atoms with Gasteiger partial charge in [0.05, 0.1) is 11.3 Å². The van der Waals surface area contributed by atoms with Gasteiger partial charge in [-0.15, -0.1) is 0 Å². The number of amides is 1. The van der Waals surface area contributed by atoms with Crippen molar-refractivity contribution in [3.05, 3.63) is 23.8 Å². The van der Waals surface area contributed by atoms with Crippen molar-refractivity contribution >= 4 is 17.3 Å². The number of rotatable bonds is 2. The Morgan fingerprint density at radius 2 is 1.95 bits per heavy atom. The van der Waals surface area contributed by atoms with Crippen LogP contribution in [0.3, 0.4) is 0 Å². The number of benzene rings is 1. The Morgan fingerprint density at radius 3 is 2.53 bits per heavy atom. The number of hydrogen-bond acceptors (Lipinski definition) is 3. The molecular weight excluding hydrogens is 238 g/mol. The molecule has 104 valence electrons. The van der Waals surface area contributed by atoms with Crippen LogP contribution in [0.1, 0.15) is 30.6 Å². The van der Waals surface area contributed by atoms with Crippen LogP contribution in [0.2, 0.25) is 0 Å². The summed E-state index contributed by atoms with van der Waals surface area (Å²) in [5.74, 6) is 1.23. The van der Waals surface area contributed by atoms with E-state index in [1.54, 1.807) is 13.1 Å². The fourth-order valence-corrected chi connectivity index (χ4v) is 3.00. The fraction of sp³-hybridized carbons (Fsp3) is 0.533. The highest BCUT2D eigenvalue weighted by atomic mass is 16.1. The molecule has 1 aromatic rings. The smallest absolute Gasteiger partial charge is 0.253 e. The molecule has 2 atom stereocenters. The van der Waals surface area contributed by atoms with Crippen LogP contribution in [0.15, 0.2) is 18.2 Å². The van der Waals surface area contributed by atoms with Crippen LogP contribution in [-0.2, 0) is 0 Å². The molecule has 0 radical (unpaired) electrons. The monoisotopic (exact) mass is 261 g/mol. The Morgan fingerprint density at radius 1 is 1.32 bits per heavy atom. The van der Waals surface area contributed by atoms with Gasteiger partial charge in [0.25, 0.3) is 5.91 Å². The third-order valence-electron chi connectivity index (χ3n) is 3.70. The van der Waals surface area contributed by atoms with Gasteiger partial charge >= 0.3 is 0 Å². The summed E-state index contributed by atoms with van der Waals surface area (Å²) in [4.78, 5) is 14.3. The van der Waals surface area contributed by atoms with Gasteiger partial charge in [0.2, 0.25) is 0 Å². The molecule has 1 aromatic carbocycles. The van der Waals surface area contributed by atoms with Crippen LogP contribution in [0, 0.1) is 11.8 Å².